The van der Waals surface area contributed by atoms with Crippen molar-refractivity contribution in [3.8, 4) is 0 Å². The second-order valence-corrected chi connectivity index (χ2v) is 8.61. The molecule has 2 heterocycles. The topological polar surface area (TPSA) is 105 Å². The van der Waals surface area contributed by atoms with Gasteiger partial charge in [-0.1, -0.05) is 0 Å². The number of hydrogen-bond donors (Lipinski definition) is 1. The van der Waals surface area contributed by atoms with Crippen LogP contribution in [0.3, 0.4) is 0 Å². The zero-order valence-electron chi connectivity index (χ0n) is 17.8. The summed E-state index contributed by atoms with van der Waals surface area (Å²) in [5, 5.41) is 10.1. The Hall–Kier alpha value is -1.97. The number of alkyl halides is 6. The Balaban J connectivity index is 1.24. The lowest BCUT2D eigenvalue weighted by Crippen LogP contribution is -2.49. The van der Waals surface area contributed by atoms with E-state index in [0.717, 1.165) is 0 Å². The van der Waals surface area contributed by atoms with Gasteiger partial charge in [-0.2, -0.15) is 0 Å². The van der Waals surface area contributed by atoms with Gasteiger partial charge in [-0.25, -0.2) is 0 Å². The second-order valence-electron chi connectivity index (χ2n) is 8.61. The highest BCUT2D eigenvalue weighted by atomic mass is 19.4. The molecule has 2 aliphatic carbocycles. The van der Waals surface area contributed by atoms with Crippen LogP contribution in [0.25, 0.3) is 0 Å². The average Bonchev–Trinajstić information content (AvgIpc) is 3.16. The number of amides is 1. The van der Waals surface area contributed by atoms with Gasteiger partial charge >= 0.3 is 12.7 Å². The van der Waals surface area contributed by atoms with E-state index in [-0.39, 0.29) is 44.1 Å². The molecule has 1 saturated heterocycles. The van der Waals surface area contributed by atoms with Gasteiger partial charge < -0.3 is 19.2 Å². The van der Waals surface area contributed by atoms with E-state index in [1.807, 2.05) is 0 Å². The number of nitrogens with zero attached hydrogens (tertiary/aromatic N) is 2. The van der Waals surface area contributed by atoms with Crippen LogP contribution >= 0.6 is 0 Å². The molecular weight excluding hydrogens is 480 g/mol. The maximum atomic E-state index is 12.7. The summed E-state index contributed by atoms with van der Waals surface area (Å²) < 4.78 is 100. The number of carbonyl (C=O) groups excluding carboxylic acids is 1. The molecule has 0 radical (unpaired) electrons. The van der Waals surface area contributed by atoms with Gasteiger partial charge in [0.15, 0.2) is 11.4 Å². The maximum Gasteiger partial charge on any atom is 0.524 e. The Morgan fingerprint density at radius 1 is 1.00 bits per heavy atom. The molecule has 4 rings (SSSR count). The predicted molar refractivity (Wildman–Crippen MR) is 96.5 cm³/mol. The molecule has 3 aliphatic rings. The summed E-state index contributed by atoms with van der Waals surface area (Å²) >= 11 is 0. The van der Waals surface area contributed by atoms with Crippen LogP contribution in [0.2, 0.25) is 0 Å². The maximum absolute atomic E-state index is 12.7. The van der Waals surface area contributed by atoms with Crippen LogP contribution in [0.5, 0.6) is 0 Å². The normalized spacial score (nSPS) is 26.4. The van der Waals surface area contributed by atoms with E-state index in [1.54, 1.807) is 0 Å². The molecule has 0 unspecified atom stereocenters. The Kier molecular flexibility index (Phi) is 6.83. The van der Waals surface area contributed by atoms with E-state index in [1.165, 1.54) is 0 Å². The van der Waals surface area contributed by atoms with Crippen LogP contribution in [-0.4, -0.2) is 53.9 Å². The second kappa shape index (κ2) is 9.24. The molecule has 15 heteroatoms. The third-order valence-electron chi connectivity index (χ3n) is 6.10. The van der Waals surface area contributed by atoms with Crippen molar-refractivity contribution in [2.75, 3.05) is 13.2 Å². The number of rotatable bonds is 8. The monoisotopic (exact) mass is 503 g/mol. The first kappa shape index (κ1) is 25.1. The van der Waals surface area contributed by atoms with Gasteiger partial charge in [-0.3, -0.25) is 14.3 Å². The third kappa shape index (κ3) is 5.98. The molecular formula is C19H23F6N3O6. The fourth-order valence-corrected chi connectivity index (χ4v) is 4.11. The summed E-state index contributed by atoms with van der Waals surface area (Å²) in [6.07, 6.45) is -8.35. The molecule has 9 nitrogen and oxygen atoms in total. The van der Waals surface area contributed by atoms with E-state index in [4.69, 9.17) is 13.9 Å². The molecule has 1 aromatic heterocycles. The van der Waals surface area contributed by atoms with Crippen molar-refractivity contribution in [1.29, 1.82) is 0 Å². The summed E-state index contributed by atoms with van der Waals surface area (Å²) in [5.74, 6) is -2.70. The first-order valence-corrected chi connectivity index (χ1v) is 10.8. The van der Waals surface area contributed by atoms with Crippen molar-refractivity contribution in [2.45, 2.75) is 87.6 Å². The molecule has 192 valence electrons. The molecule has 0 bridgehead atoms. The van der Waals surface area contributed by atoms with Crippen LogP contribution in [0.15, 0.2) is 4.42 Å². The highest BCUT2D eigenvalue weighted by Crippen LogP contribution is 2.48. The SMILES string of the molecule is O=C(COC1(OC(F)(F)F)CCC1)N[C@@H]1CC[C@@H](c2nnc(C3(OC(F)(F)F)CCC3)o2)OC1. The minimum atomic E-state index is -4.87. The lowest BCUT2D eigenvalue weighted by molar-refractivity contribution is -0.432. The zero-order valence-corrected chi connectivity index (χ0v) is 17.8. The average molecular weight is 503 g/mol. The van der Waals surface area contributed by atoms with E-state index >= 15 is 0 Å². The highest BCUT2D eigenvalue weighted by Gasteiger charge is 2.53. The van der Waals surface area contributed by atoms with Gasteiger partial charge in [0.05, 0.1) is 12.6 Å². The lowest BCUT2D eigenvalue weighted by Gasteiger charge is -2.40. The summed E-state index contributed by atoms with van der Waals surface area (Å²) in [6, 6.07) is -0.442. The fourth-order valence-electron chi connectivity index (χ4n) is 4.11. The molecule has 1 amide bonds. The van der Waals surface area contributed by atoms with Gasteiger partial charge in [-0.15, -0.1) is 36.5 Å². The Bertz CT molecular complexity index is 859. The van der Waals surface area contributed by atoms with Gasteiger partial charge in [0.2, 0.25) is 17.7 Å². The molecule has 1 aromatic rings. The van der Waals surface area contributed by atoms with Crippen LogP contribution in [-0.2, 0) is 29.3 Å². The van der Waals surface area contributed by atoms with Crippen LogP contribution in [0.1, 0.15) is 69.3 Å². The molecule has 34 heavy (non-hydrogen) atoms. The van der Waals surface area contributed by atoms with Crippen LogP contribution in [0.4, 0.5) is 26.3 Å². The molecule has 2 atom stereocenters. The minimum Gasteiger partial charge on any atom is -0.419 e. The molecule has 0 spiro atoms. The summed E-state index contributed by atoms with van der Waals surface area (Å²) in [5.41, 5.74) is -1.68. The number of ether oxygens (including phenoxy) is 4. The van der Waals surface area contributed by atoms with Gasteiger partial charge in [-0.05, 0) is 38.5 Å². The molecule has 0 aromatic carbocycles. The third-order valence-corrected chi connectivity index (χ3v) is 6.10. The predicted octanol–water partition coefficient (Wildman–Crippen LogP) is 3.75. The van der Waals surface area contributed by atoms with Crippen molar-refractivity contribution in [2.24, 2.45) is 0 Å². The smallest absolute Gasteiger partial charge is 0.419 e. The van der Waals surface area contributed by atoms with E-state index in [9.17, 15) is 31.1 Å². The van der Waals surface area contributed by atoms with Crippen LogP contribution < -0.4 is 5.32 Å². The lowest BCUT2D eigenvalue weighted by atomic mass is 9.80. The van der Waals surface area contributed by atoms with Crippen LogP contribution in [0, 0.1) is 0 Å². The largest absolute Gasteiger partial charge is 0.524 e. The summed E-state index contributed by atoms with van der Waals surface area (Å²) in [7, 11) is 0. The van der Waals surface area contributed by atoms with Crippen molar-refractivity contribution < 1.29 is 54.5 Å². The van der Waals surface area contributed by atoms with E-state index in [0.29, 0.717) is 25.7 Å². The zero-order chi connectivity index (χ0) is 24.6. The summed E-state index contributed by atoms with van der Waals surface area (Å²) in [4.78, 5) is 12.1. The van der Waals surface area contributed by atoms with E-state index < -0.39 is 48.8 Å². The first-order valence-electron chi connectivity index (χ1n) is 10.8. The van der Waals surface area contributed by atoms with E-state index in [2.05, 4.69) is 25.0 Å². The number of halogens is 6. The van der Waals surface area contributed by atoms with Crippen molar-refractivity contribution in [1.82, 2.24) is 15.5 Å². The Morgan fingerprint density at radius 2 is 1.68 bits per heavy atom. The Morgan fingerprint density at radius 3 is 2.18 bits per heavy atom. The number of aromatic nitrogens is 2. The molecule has 1 aliphatic heterocycles. The van der Waals surface area contributed by atoms with Crippen molar-refractivity contribution in [3.05, 3.63) is 11.8 Å². The highest BCUT2D eigenvalue weighted by molar-refractivity contribution is 5.77. The quantitative estimate of drug-likeness (QED) is 0.423. The first-order chi connectivity index (χ1) is 15.9. The van der Waals surface area contributed by atoms with Crippen molar-refractivity contribution in [3.63, 3.8) is 0 Å². The number of nitrogens with one attached hydrogen (secondary N) is 1. The minimum absolute atomic E-state index is 0.0105. The molecule has 2 saturated carbocycles. The number of carbonyl (C=O) groups is 1. The standard InChI is InChI=1S/C19H23F6N3O6/c20-18(21,22)33-16(5-1-6-16)15-28-27-14(32-15)12-4-3-11(9-30-12)26-13(29)10-31-17(7-2-8-17)34-19(23,24)25/h11-12H,1-10H2,(H,26,29)/t11-,12+/m1/s1. The van der Waals surface area contributed by atoms with Gasteiger partial charge in [0.25, 0.3) is 0 Å². The number of hydrogen-bond acceptors (Lipinski definition) is 8. The van der Waals surface area contributed by atoms with Gasteiger partial charge in [0, 0.05) is 12.8 Å². The summed E-state index contributed by atoms with van der Waals surface area (Å²) in [6.45, 7) is -0.577. The van der Waals surface area contributed by atoms with Crippen molar-refractivity contribution >= 4 is 5.91 Å². The molecule has 1 N–H and O–H groups in total. The Labute approximate surface area is 189 Å². The molecule has 3 fully saturated rings. The van der Waals surface area contributed by atoms with Gasteiger partial charge in [0.1, 0.15) is 12.7 Å². The fraction of sp³-hybridized carbons (Fsp3) is 0.842.